The summed E-state index contributed by atoms with van der Waals surface area (Å²) in [6.45, 7) is 1.14. The van der Waals surface area contributed by atoms with Gasteiger partial charge in [0.2, 0.25) is 11.0 Å². The summed E-state index contributed by atoms with van der Waals surface area (Å²) in [5.41, 5.74) is 5.23. The van der Waals surface area contributed by atoms with E-state index < -0.39 is 0 Å². The fraction of sp³-hybridized carbons (Fsp3) is 0.286. The zero-order chi connectivity index (χ0) is 15.1. The van der Waals surface area contributed by atoms with Crippen LogP contribution in [0.25, 0.3) is 5.70 Å². The molecule has 8 heteroatoms. The van der Waals surface area contributed by atoms with Gasteiger partial charge < -0.3 is 5.32 Å². The molecule has 0 radical (unpaired) electrons. The molecule has 0 saturated carbocycles. The quantitative estimate of drug-likeness (QED) is 0.870. The minimum absolute atomic E-state index is 0.370. The fourth-order valence-electron chi connectivity index (χ4n) is 2.80. The summed E-state index contributed by atoms with van der Waals surface area (Å²) in [6.07, 6.45) is 2.34. The monoisotopic (exact) mass is 354 g/mol. The Bertz CT molecular complexity index is 752. The first-order chi connectivity index (χ1) is 10.7. The van der Waals surface area contributed by atoms with Crippen LogP contribution in [0, 0.1) is 0 Å². The molecular formula is C14H14Cl2N5S+. The van der Waals surface area contributed by atoms with Crippen LogP contribution in [-0.2, 0) is 0 Å². The van der Waals surface area contributed by atoms with E-state index in [1.807, 2.05) is 22.2 Å². The molecule has 0 unspecified atom stereocenters. The summed E-state index contributed by atoms with van der Waals surface area (Å²) in [5, 5.41) is 15.0. The Morgan fingerprint density at radius 3 is 3.00 bits per heavy atom. The smallest absolute Gasteiger partial charge is 0.214 e. The third kappa shape index (κ3) is 2.50. The zero-order valence-electron chi connectivity index (χ0n) is 11.6. The number of quaternary nitrogens is 1. The van der Waals surface area contributed by atoms with E-state index in [0.717, 1.165) is 35.2 Å². The number of thioether (sulfide) groups is 1. The summed E-state index contributed by atoms with van der Waals surface area (Å²) in [5.74, 6) is 0.968. The van der Waals surface area contributed by atoms with Crippen LogP contribution in [0.1, 0.15) is 30.3 Å². The lowest BCUT2D eigenvalue weighted by Crippen LogP contribution is -2.82. The number of nitrogens with two attached hydrogens (primary N) is 1. The molecule has 1 saturated heterocycles. The predicted molar refractivity (Wildman–Crippen MR) is 88.4 cm³/mol. The number of halogens is 2. The van der Waals surface area contributed by atoms with E-state index >= 15 is 0 Å². The van der Waals surface area contributed by atoms with Crippen molar-refractivity contribution in [2.24, 2.45) is 0 Å². The van der Waals surface area contributed by atoms with Crippen molar-refractivity contribution in [2.45, 2.75) is 24.0 Å². The molecular weight excluding hydrogens is 341 g/mol. The second-order valence-corrected chi connectivity index (χ2v) is 7.01. The third-order valence-corrected chi connectivity index (χ3v) is 5.27. The molecule has 1 aromatic carbocycles. The normalized spacial score (nSPS) is 20.5. The van der Waals surface area contributed by atoms with E-state index in [9.17, 15) is 0 Å². The third-order valence-electron chi connectivity index (χ3n) is 3.90. The highest BCUT2D eigenvalue weighted by Crippen LogP contribution is 2.33. The minimum atomic E-state index is 0.370. The molecule has 4 rings (SSSR count). The van der Waals surface area contributed by atoms with Crippen LogP contribution in [0.5, 0.6) is 0 Å². The molecule has 0 aliphatic carbocycles. The number of hydrogen-bond acceptors (Lipinski definition) is 4. The van der Waals surface area contributed by atoms with Gasteiger partial charge in [0.15, 0.2) is 0 Å². The largest absolute Gasteiger partial charge is 0.337 e. The maximum absolute atomic E-state index is 6.31. The maximum atomic E-state index is 6.31. The number of nitrogens with zero attached hydrogens (tertiary/aromatic N) is 3. The molecule has 114 valence electrons. The van der Waals surface area contributed by atoms with Gasteiger partial charge in [-0.2, -0.15) is 0 Å². The van der Waals surface area contributed by atoms with Crippen molar-refractivity contribution in [3.63, 3.8) is 0 Å². The molecule has 1 fully saturated rings. The lowest BCUT2D eigenvalue weighted by Gasteiger charge is -2.20. The lowest BCUT2D eigenvalue weighted by molar-refractivity contribution is -0.677. The van der Waals surface area contributed by atoms with Crippen molar-refractivity contribution >= 4 is 40.7 Å². The van der Waals surface area contributed by atoms with Gasteiger partial charge in [-0.25, -0.2) is 4.68 Å². The minimum Gasteiger partial charge on any atom is -0.337 e. The standard InChI is InChI=1S/C14H13Cl2N5S/c15-8-3-4-9(10(16)6-8)12-7-22-14-19-18-13(21(14)20-12)11-2-1-5-17-11/h3-4,6-7,11,17,20H,1-2,5H2/p+1/t11-/m1/s1. The molecule has 1 aromatic heterocycles. The van der Waals surface area contributed by atoms with Gasteiger partial charge in [-0.05, 0) is 18.2 Å². The number of nitrogens with one attached hydrogen (secondary N) is 1. The molecule has 3 heterocycles. The van der Waals surface area contributed by atoms with E-state index in [2.05, 4.69) is 20.9 Å². The fourth-order valence-corrected chi connectivity index (χ4v) is 4.05. The van der Waals surface area contributed by atoms with Crippen LogP contribution in [0.4, 0.5) is 0 Å². The van der Waals surface area contributed by atoms with Gasteiger partial charge in [0, 0.05) is 28.8 Å². The van der Waals surface area contributed by atoms with Gasteiger partial charge in [-0.15, -0.1) is 10.2 Å². The maximum Gasteiger partial charge on any atom is 0.214 e. The second kappa shape index (κ2) is 5.77. The van der Waals surface area contributed by atoms with Crippen molar-refractivity contribution in [2.75, 3.05) is 12.0 Å². The predicted octanol–water partition coefficient (Wildman–Crippen LogP) is 2.63. The van der Waals surface area contributed by atoms with Gasteiger partial charge in [0.25, 0.3) is 0 Å². The summed E-state index contributed by atoms with van der Waals surface area (Å²) in [6, 6.07) is 5.87. The van der Waals surface area contributed by atoms with Crippen LogP contribution >= 0.6 is 35.0 Å². The van der Waals surface area contributed by atoms with Crippen LogP contribution < -0.4 is 10.7 Å². The Kier molecular flexibility index (Phi) is 3.78. The highest BCUT2D eigenvalue weighted by molar-refractivity contribution is 8.02. The SMILES string of the molecule is Clc1ccc(C2=CSc3nnc([C@H]4CCC[NH2+]4)n3N2)c(Cl)c1. The molecule has 22 heavy (non-hydrogen) atoms. The first kappa shape index (κ1) is 14.4. The molecule has 2 aliphatic rings. The van der Waals surface area contributed by atoms with Crippen molar-refractivity contribution in [3.05, 3.63) is 45.0 Å². The number of benzene rings is 1. The Balaban J connectivity index is 1.67. The molecule has 0 bridgehead atoms. The Labute approximate surface area is 142 Å². The molecule has 5 nitrogen and oxygen atoms in total. The van der Waals surface area contributed by atoms with E-state index in [-0.39, 0.29) is 0 Å². The first-order valence-electron chi connectivity index (χ1n) is 7.10. The van der Waals surface area contributed by atoms with E-state index in [1.165, 1.54) is 6.42 Å². The molecule has 2 aliphatic heterocycles. The van der Waals surface area contributed by atoms with E-state index in [4.69, 9.17) is 23.2 Å². The number of aromatic nitrogens is 3. The average Bonchev–Trinajstić information content (AvgIpc) is 3.15. The Morgan fingerprint density at radius 1 is 1.32 bits per heavy atom. The van der Waals surface area contributed by atoms with E-state index in [0.29, 0.717) is 16.1 Å². The highest BCUT2D eigenvalue weighted by atomic mass is 35.5. The van der Waals surface area contributed by atoms with Gasteiger partial charge in [0.1, 0.15) is 6.04 Å². The van der Waals surface area contributed by atoms with Gasteiger partial charge in [-0.3, -0.25) is 5.43 Å². The van der Waals surface area contributed by atoms with Crippen molar-refractivity contribution in [1.29, 1.82) is 0 Å². The highest BCUT2D eigenvalue weighted by Gasteiger charge is 2.29. The lowest BCUT2D eigenvalue weighted by atomic mass is 10.2. The Morgan fingerprint density at radius 2 is 2.23 bits per heavy atom. The van der Waals surface area contributed by atoms with E-state index in [1.54, 1.807) is 17.8 Å². The molecule has 1 atom stereocenters. The molecule has 0 amide bonds. The molecule has 3 N–H and O–H groups in total. The van der Waals surface area contributed by atoms with Crippen LogP contribution in [-0.4, -0.2) is 21.4 Å². The van der Waals surface area contributed by atoms with Crippen LogP contribution in [0.15, 0.2) is 28.8 Å². The van der Waals surface area contributed by atoms with Crippen molar-refractivity contribution < 1.29 is 5.32 Å². The van der Waals surface area contributed by atoms with Gasteiger partial charge in [0.05, 0.1) is 17.3 Å². The number of rotatable bonds is 2. The molecule has 2 aromatic rings. The average molecular weight is 355 g/mol. The number of hydrogen-bond donors (Lipinski definition) is 2. The summed E-state index contributed by atoms with van der Waals surface area (Å²) < 4.78 is 1.97. The van der Waals surface area contributed by atoms with Gasteiger partial charge in [-0.1, -0.05) is 35.0 Å². The second-order valence-electron chi connectivity index (χ2n) is 5.33. The van der Waals surface area contributed by atoms with Crippen molar-refractivity contribution in [1.82, 2.24) is 14.9 Å². The zero-order valence-corrected chi connectivity index (χ0v) is 13.9. The summed E-state index contributed by atoms with van der Waals surface area (Å²) >= 11 is 13.8. The van der Waals surface area contributed by atoms with Gasteiger partial charge >= 0.3 is 0 Å². The summed E-state index contributed by atoms with van der Waals surface area (Å²) in [7, 11) is 0. The summed E-state index contributed by atoms with van der Waals surface area (Å²) in [4.78, 5) is 0. The first-order valence-corrected chi connectivity index (χ1v) is 8.74. The van der Waals surface area contributed by atoms with Crippen LogP contribution in [0.3, 0.4) is 0 Å². The van der Waals surface area contributed by atoms with Crippen molar-refractivity contribution in [3.8, 4) is 0 Å². The number of fused-ring (bicyclic) bond motifs is 1. The Hall–Kier alpha value is -1.21. The van der Waals surface area contributed by atoms with Crippen LogP contribution in [0.2, 0.25) is 10.0 Å². The molecule has 0 spiro atoms. The topological polar surface area (TPSA) is 59.4 Å².